The molecule has 0 fully saturated rings. The van der Waals surface area contributed by atoms with Crippen LogP contribution in [0.5, 0.6) is 17.2 Å². The Hall–Kier alpha value is -5.17. The molecule has 5 nitrogen and oxygen atoms in total. The molecule has 0 aliphatic heterocycles. The number of carbonyl (C=O) groups is 1. The first-order chi connectivity index (χ1) is 20.6. The standard InChI is InChI=1S/C35H28F2O5/c36-30-32(39-21-25-13-5-1-6-14-25)29(35(38)42-24-28-19-11-4-12-20-28)33(40-22-26-15-7-2-8-16-26)31(37)34(30)41-23-27-17-9-3-10-18-27/h1-20H,21-24H2. The van der Waals surface area contributed by atoms with Gasteiger partial charge in [-0.2, -0.15) is 8.78 Å². The number of rotatable bonds is 12. The summed E-state index contributed by atoms with van der Waals surface area (Å²) in [5.41, 5.74) is 2.32. The van der Waals surface area contributed by atoms with E-state index in [1.54, 1.807) is 97.1 Å². The molecule has 0 aromatic heterocycles. The van der Waals surface area contributed by atoms with Gasteiger partial charge >= 0.3 is 5.97 Å². The Morgan fingerprint density at radius 2 is 0.762 bits per heavy atom. The molecule has 0 unspecified atom stereocenters. The summed E-state index contributed by atoms with van der Waals surface area (Å²) in [5.74, 6) is -5.10. The van der Waals surface area contributed by atoms with Crippen LogP contribution in [0, 0.1) is 11.6 Å². The first kappa shape index (κ1) is 28.4. The van der Waals surface area contributed by atoms with Crippen molar-refractivity contribution in [2.45, 2.75) is 26.4 Å². The zero-order valence-corrected chi connectivity index (χ0v) is 22.7. The van der Waals surface area contributed by atoms with Gasteiger partial charge in [-0.25, -0.2) is 4.79 Å². The average molecular weight is 567 g/mol. The van der Waals surface area contributed by atoms with Gasteiger partial charge in [0.25, 0.3) is 0 Å². The lowest BCUT2D eigenvalue weighted by molar-refractivity contribution is 0.0458. The largest absolute Gasteiger partial charge is 0.485 e. The average Bonchev–Trinajstić information content (AvgIpc) is 3.04. The van der Waals surface area contributed by atoms with E-state index in [4.69, 9.17) is 18.9 Å². The van der Waals surface area contributed by atoms with Gasteiger partial charge in [0.05, 0.1) is 0 Å². The van der Waals surface area contributed by atoms with E-state index in [9.17, 15) is 4.79 Å². The third-order valence-electron chi connectivity index (χ3n) is 6.35. The summed E-state index contributed by atoms with van der Waals surface area (Å²) >= 11 is 0. The predicted octanol–water partition coefficient (Wildman–Crippen LogP) is 8.06. The molecule has 0 amide bonds. The maximum absolute atomic E-state index is 16.1. The lowest BCUT2D eigenvalue weighted by atomic mass is 10.1. The van der Waals surface area contributed by atoms with Gasteiger partial charge in [0, 0.05) is 0 Å². The highest BCUT2D eigenvalue weighted by molar-refractivity contribution is 5.96. The highest BCUT2D eigenvalue weighted by Crippen LogP contribution is 2.43. The summed E-state index contributed by atoms with van der Waals surface area (Å²) in [6.07, 6.45) is 0. The third-order valence-corrected chi connectivity index (χ3v) is 6.35. The van der Waals surface area contributed by atoms with Crippen LogP contribution in [0.25, 0.3) is 0 Å². The van der Waals surface area contributed by atoms with Crippen LogP contribution >= 0.6 is 0 Å². The molecule has 0 N–H and O–H groups in total. The van der Waals surface area contributed by atoms with Crippen molar-refractivity contribution in [3.8, 4) is 17.2 Å². The minimum absolute atomic E-state index is 0.0986. The molecule has 212 valence electrons. The summed E-state index contributed by atoms with van der Waals surface area (Å²) in [7, 11) is 0. The van der Waals surface area contributed by atoms with E-state index in [1.807, 2.05) is 24.3 Å². The second-order valence-corrected chi connectivity index (χ2v) is 9.37. The molecule has 0 bridgehead atoms. The molecular formula is C35H28F2O5. The Morgan fingerprint density at radius 3 is 1.12 bits per heavy atom. The fraction of sp³-hybridized carbons (Fsp3) is 0.114. The van der Waals surface area contributed by atoms with E-state index >= 15 is 8.78 Å². The predicted molar refractivity (Wildman–Crippen MR) is 154 cm³/mol. The van der Waals surface area contributed by atoms with Crippen LogP contribution in [0.15, 0.2) is 121 Å². The zero-order chi connectivity index (χ0) is 29.1. The van der Waals surface area contributed by atoms with E-state index in [0.717, 1.165) is 0 Å². The van der Waals surface area contributed by atoms with Crippen LogP contribution in [-0.2, 0) is 31.2 Å². The van der Waals surface area contributed by atoms with Crippen molar-refractivity contribution in [3.05, 3.63) is 161 Å². The summed E-state index contributed by atoms with van der Waals surface area (Å²) in [6, 6.07) is 35.9. The second-order valence-electron chi connectivity index (χ2n) is 9.37. The minimum Gasteiger partial charge on any atom is -0.485 e. The molecular weight excluding hydrogens is 538 g/mol. The molecule has 0 saturated heterocycles. The van der Waals surface area contributed by atoms with Crippen LogP contribution < -0.4 is 14.2 Å². The van der Waals surface area contributed by atoms with Gasteiger partial charge in [0.15, 0.2) is 17.2 Å². The van der Waals surface area contributed by atoms with E-state index < -0.39 is 40.4 Å². The monoisotopic (exact) mass is 566 g/mol. The zero-order valence-electron chi connectivity index (χ0n) is 22.7. The van der Waals surface area contributed by atoms with Crippen LogP contribution in [0.2, 0.25) is 0 Å². The second kappa shape index (κ2) is 13.9. The number of benzene rings is 5. The first-order valence-electron chi connectivity index (χ1n) is 13.4. The van der Waals surface area contributed by atoms with Crippen molar-refractivity contribution in [2.24, 2.45) is 0 Å². The molecule has 0 saturated carbocycles. The van der Waals surface area contributed by atoms with Gasteiger partial charge in [-0.1, -0.05) is 121 Å². The van der Waals surface area contributed by atoms with Gasteiger partial charge in [0.2, 0.25) is 11.6 Å². The maximum atomic E-state index is 16.1. The van der Waals surface area contributed by atoms with Crippen molar-refractivity contribution < 1.29 is 32.5 Å². The normalized spacial score (nSPS) is 10.6. The van der Waals surface area contributed by atoms with Crippen molar-refractivity contribution in [2.75, 3.05) is 0 Å². The van der Waals surface area contributed by atoms with Crippen LogP contribution in [0.3, 0.4) is 0 Å². The fourth-order valence-electron chi connectivity index (χ4n) is 4.19. The number of esters is 1. The molecule has 42 heavy (non-hydrogen) atoms. The van der Waals surface area contributed by atoms with Gasteiger partial charge in [-0.15, -0.1) is 0 Å². The number of hydrogen-bond donors (Lipinski definition) is 0. The third kappa shape index (κ3) is 7.12. The topological polar surface area (TPSA) is 54.0 Å². The Bertz CT molecular complexity index is 1520. The van der Waals surface area contributed by atoms with Crippen molar-refractivity contribution in [1.82, 2.24) is 0 Å². The van der Waals surface area contributed by atoms with Crippen molar-refractivity contribution in [1.29, 1.82) is 0 Å². The van der Waals surface area contributed by atoms with E-state index in [0.29, 0.717) is 22.3 Å². The van der Waals surface area contributed by atoms with Gasteiger partial charge < -0.3 is 18.9 Å². The quantitative estimate of drug-likeness (QED) is 0.143. The Balaban J connectivity index is 1.56. The number of ether oxygens (including phenoxy) is 4. The van der Waals surface area contributed by atoms with Crippen LogP contribution in [0.1, 0.15) is 32.6 Å². The van der Waals surface area contributed by atoms with Crippen LogP contribution in [0.4, 0.5) is 8.78 Å². The molecule has 0 aliphatic rings. The van der Waals surface area contributed by atoms with E-state index in [2.05, 4.69) is 0 Å². The fourth-order valence-corrected chi connectivity index (χ4v) is 4.19. The minimum atomic E-state index is -1.17. The molecule has 7 heteroatoms. The maximum Gasteiger partial charge on any atom is 0.346 e. The number of carbonyl (C=O) groups excluding carboxylic acids is 1. The molecule has 0 radical (unpaired) electrons. The first-order valence-corrected chi connectivity index (χ1v) is 13.4. The molecule has 0 heterocycles. The van der Waals surface area contributed by atoms with Gasteiger partial charge in [0.1, 0.15) is 32.0 Å². The number of hydrogen-bond acceptors (Lipinski definition) is 5. The molecule has 5 aromatic rings. The summed E-state index contributed by atoms with van der Waals surface area (Å²) in [5, 5.41) is 0. The van der Waals surface area contributed by atoms with E-state index in [-0.39, 0.29) is 26.4 Å². The van der Waals surface area contributed by atoms with Crippen LogP contribution in [-0.4, -0.2) is 5.97 Å². The molecule has 0 spiro atoms. The summed E-state index contributed by atoms with van der Waals surface area (Å²) < 4.78 is 55.1. The van der Waals surface area contributed by atoms with Crippen molar-refractivity contribution >= 4 is 5.97 Å². The summed E-state index contributed by atoms with van der Waals surface area (Å²) in [6.45, 7) is -0.439. The number of halogens is 2. The lowest BCUT2D eigenvalue weighted by Crippen LogP contribution is -2.15. The molecule has 5 aromatic carbocycles. The molecule has 0 atom stereocenters. The summed E-state index contributed by atoms with van der Waals surface area (Å²) in [4.78, 5) is 13.5. The highest BCUT2D eigenvalue weighted by Gasteiger charge is 2.33. The van der Waals surface area contributed by atoms with E-state index in [1.165, 1.54) is 0 Å². The molecule has 0 aliphatic carbocycles. The Morgan fingerprint density at radius 1 is 0.452 bits per heavy atom. The molecule has 5 rings (SSSR count). The smallest absolute Gasteiger partial charge is 0.346 e. The van der Waals surface area contributed by atoms with Gasteiger partial charge in [-0.3, -0.25) is 0 Å². The highest BCUT2D eigenvalue weighted by atomic mass is 19.1. The van der Waals surface area contributed by atoms with Crippen molar-refractivity contribution in [3.63, 3.8) is 0 Å². The lowest BCUT2D eigenvalue weighted by Gasteiger charge is -2.20. The SMILES string of the molecule is O=C(OCc1ccccc1)c1c(OCc2ccccc2)c(F)c(OCc2ccccc2)c(F)c1OCc1ccccc1. The Kier molecular flexibility index (Phi) is 9.42. The van der Waals surface area contributed by atoms with Gasteiger partial charge in [-0.05, 0) is 22.3 Å². The Labute approximate surface area is 242 Å².